The van der Waals surface area contributed by atoms with Gasteiger partial charge in [0.1, 0.15) is 0 Å². The molecule has 0 bridgehead atoms. The van der Waals surface area contributed by atoms with Crippen LogP contribution in [-0.4, -0.2) is 31.7 Å². The van der Waals surface area contributed by atoms with Crippen LogP contribution in [0.4, 0.5) is 0 Å². The van der Waals surface area contributed by atoms with Crippen LogP contribution >= 0.6 is 0 Å². The van der Waals surface area contributed by atoms with Crippen molar-refractivity contribution in [2.45, 2.75) is 12.5 Å². The van der Waals surface area contributed by atoms with Gasteiger partial charge in [-0.3, -0.25) is 4.79 Å². The SMILES string of the molecule is NC1C(=O)NCC12CCOC2. The summed E-state index contributed by atoms with van der Waals surface area (Å²) in [4.78, 5) is 11.0. The van der Waals surface area contributed by atoms with Crippen LogP contribution < -0.4 is 11.1 Å². The monoisotopic (exact) mass is 156 g/mol. The Kier molecular flexibility index (Phi) is 1.40. The number of carbonyl (C=O) groups is 1. The minimum absolute atomic E-state index is 0.0319. The van der Waals surface area contributed by atoms with Crippen molar-refractivity contribution in [3.05, 3.63) is 0 Å². The summed E-state index contributed by atoms with van der Waals surface area (Å²) in [6.07, 6.45) is 0.910. The molecule has 0 saturated carbocycles. The predicted octanol–water partition coefficient (Wildman–Crippen LogP) is -1.15. The Hall–Kier alpha value is -0.610. The van der Waals surface area contributed by atoms with E-state index in [1.807, 2.05) is 0 Å². The first-order valence-corrected chi connectivity index (χ1v) is 3.86. The Morgan fingerprint density at radius 2 is 2.55 bits per heavy atom. The normalized spacial score (nSPS) is 43.4. The number of nitrogens with two attached hydrogens (primary N) is 1. The van der Waals surface area contributed by atoms with E-state index in [0.717, 1.165) is 13.0 Å². The van der Waals surface area contributed by atoms with E-state index in [2.05, 4.69) is 5.32 Å². The van der Waals surface area contributed by atoms with Gasteiger partial charge >= 0.3 is 0 Å². The minimum Gasteiger partial charge on any atom is -0.381 e. The lowest BCUT2D eigenvalue weighted by atomic mass is 9.83. The van der Waals surface area contributed by atoms with E-state index in [9.17, 15) is 4.79 Å². The van der Waals surface area contributed by atoms with Crippen molar-refractivity contribution < 1.29 is 9.53 Å². The largest absolute Gasteiger partial charge is 0.381 e. The molecule has 2 aliphatic rings. The molecule has 4 nitrogen and oxygen atoms in total. The van der Waals surface area contributed by atoms with Crippen LogP contribution in [0.3, 0.4) is 0 Å². The Balaban J connectivity index is 2.19. The molecule has 1 amide bonds. The van der Waals surface area contributed by atoms with Crippen LogP contribution in [0.25, 0.3) is 0 Å². The van der Waals surface area contributed by atoms with Gasteiger partial charge in [-0.15, -0.1) is 0 Å². The second-order valence-electron chi connectivity index (χ2n) is 3.36. The number of hydrogen-bond acceptors (Lipinski definition) is 3. The highest BCUT2D eigenvalue weighted by molar-refractivity contribution is 5.85. The number of nitrogens with one attached hydrogen (secondary N) is 1. The summed E-state index contributed by atoms with van der Waals surface area (Å²) in [6, 6.07) is -0.356. The average molecular weight is 156 g/mol. The molecular weight excluding hydrogens is 144 g/mol. The molecule has 0 aliphatic carbocycles. The Morgan fingerprint density at radius 3 is 3.00 bits per heavy atom. The Morgan fingerprint density at radius 1 is 1.73 bits per heavy atom. The molecule has 0 aromatic heterocycles. The van der Waals surface area contributed by atoms with Gasteiger partial charge in [-0.25, -0.2) is 0 Å². The zero-order chi connectivity index (χ0) is 7.90. The number of rotatable bonds is 0. The van der Waals surface area contributed by atoms with Crippen LogP contribution in [0.1, 0.15) is 6.42 Å². The van der Waals surface area contributed by atoms with Gasteiger partial charge in [0.05, 0.1) is 12.6 Å². The van der Waals surface area contributed by atoms with E-state index in [0.29, 0.717) is 13.2 Å². The van der Waals surface area contributed by atoms with E-state index in [1.54, 1.807) is 0 Å². The second-order valence-corrected chi connectivity index (χ2v) is 3.36. The van der Waals surface area contributed by atoms with E-state index >= 15 is 0 Å². The molecule has 2 heterocycles. The summed E-state index contributed by atoms with van der Waals surface area (Å²) in [5, 5.41) is 2.76. The molecule has 0 radical (unpaired) electrons. The van der Waals surface area contributed by atoms with Gasteiger partial charge in [0.2, 0.25) is 5.91 Å². The zero-order valence-corrected chi connectivity index (χ0v) is 6.30. The van der Waals surface area contributed by atoms with Crippen LogP contribution in [0.15, 0.2) is 0 Å². The molecule has 62 valence electrons. The van der Waals surface area contributed by atoms with Gasteiger partial charge in [0.25, 0.3) is 0 Å². The van der Waals surface area contributed by atoms with Crippen LogP contribution in [0.5, 0.6) is 0 Å². The second kappa shape index (κ2) is 2.19. The van der Waals surface area contributed by atoms with Gasteiger partial charge in [-0.1, -0.05) is 0 Å². The molecule has 2 aliphatic heterocycles. The van der Waals surface area contributed by atoms with Gasteiger partial charge in [-0.05, 0) is 6.42 Å². The maximum absolute atomic E-state index is 11.0. The molecule has 2 saturated heterocycles. The smallest absolute Gasteiger partial charge is 0.237 e. The van der Waals surface area contributed by atoms with E-state index in [1.165, 1.54) is 0 Å². The summed E-state index contributed by atoms with van der Waals surface area (Å²) in [5.41, 5.74) is 5.64. The van der Waals surface area contributed by atoms with Crippen molar-refractivity contribution >= 4 is 5.91 Å². The number of hydrogen-bond donors (Lipinski definition) is 2. The van der Waals surface area contributed by atoms with Crippen molar-refractivity contribution in [1.82, 2.24) is 5.32 Å². The molecule has 2 fully saturated rings. The fourth-order valence-electron chi connectivity index (χ4n) is 1.77. The number of carbonyl (C=O) groups excluding carboxylic acids is 1. The molecule has 4 heteroatoms. The number of amides is 1. The van der Waals surface area contributed by atoms with E-state index in [-0.39, 0.29) is 17.4 Å². The van der Waals surface area contributed by atoms with Crippen molar-refractivity contribution in [2.75, 3.05) is 19.8 Å². The lowest BCUT2D eigenvalue weighted by molar-refractivity contribution is -0.121. The maximum Gasteiger partial charge on any atom is 0.237 e. The molecule has 0 aromatic rings. The minimum atomic E-state index is -0.356. The fraction of sp³-hybridized carbons (Fsp3) is 0.857. The van der Waals surface area contributed by atoms with Crippen molar-refractivity contribution in [3.63, 3.8) is 0 Å². The van der Waals surface area contributed by atoms with Crippen molar-refractivity contribution in [2.24, 2.45) is 11.1 Å². The summed E-state index contributed by atoms with van der Waals surface area (Å²) in [6.45, 7) is 2.06. The lowest BCUT2D eigenvalue weighted by Gasteiger charge is -2.22. The van der Waals surface area contributed by atoms with Crippen LogP contribution in [0, 0.1) is 5.41 Å². The van der Waals surface area contributed by atoms with Gasteiger partial charge < -0.3 is 15.8 Å². The maximum atomic E-state index is 11.0. The third-order valence-electron chi connectivity index (χ3n) is 2.69. The fourth-order valence-corrected chi connectivity index (χ4v) is 1.77. The first kappa shape index (κ1) is 7.06. The topological polar surface area (TPSA) is 64.4 Å². The summed E-state index contributed by atoms with van der Waals surface area (Å²) >= 11 is 0. The third-order valence-corrected chi connectivity index (χ3v) is 2.69. The van der Waals surface area contributed by atoms with Crippen molar-refractivity contribution in [1.29, 1.82) is 0 Å². The molecule has 0 aromatic carbocycles. The Bertz CT molecular complexity index is 187. The first-order chi connectivity index (χ1) is 5.25. The molecule has 2 unspecified atom stereocenters. The highest BCUT2D eigenvalue weighted by Gasteiger charge is 2.48. The van der Waals surface area contributed by atoms with E-state index < -0.39 is 0 Å². The lowest BCUT2D eigenvalue weighted by Crippen LogP contribution is -2.43. The predicted molar refractivity (Wildman–Crippen MR) is 38.9 cm³/mol. The van der Waals surface area contributed by atoms with E-state index in [4.69, 9.17) is 10.5 Å². The molecule has 2 atom stereocenters. The quantitative estimate of drug-likeness (QED) is 0.465. The highest BCUT2D eigenvalue weighted by atomic mass is 16.5. The standard InChI is InChI=1S/C7H12N2O2/c8-5-6(10)9-3-7(5)1-2-11-4-7/h5H,1-4,8H2,(H,9,10). The molecule has 1 spiro atoms. The first-order valence-electron chi connectivity index (χ1n) is 3.86. The molecule has 11 heavy (non-hydrogen) atoms. The third kappa shape index (κ3) is 0.862. The van der Waals surface area contributed by atoms with Crippen LogP contribution in [-0.2, 0) is 9.53 Å². The van der Waals surface area contributed by atoms with Gasteiger partial charge in [0, 0.05) is 18.6 Å². The zero-order valence-electron chi connectivity index (χ0n) is 6.30. The molecular formula is C7H12N2O2. The highest BCUT2D eigenvalue weighted by Crippen LogP contribution is 2.33. The van der Waals surface area contributed by atoms with Gasteiger partial charge in [-0.2, -0.15) is 0 Å². The summed E-state index contributed by atoms with van der Waals surface area (Å²) in [5.74, 6) is -0.0319. The molecule has 3 N–H and O–H groups in total. The van der Waals surface area contributed by atoms with Crippen molar-refractivity contribution in [3.8, 4) is 0 Å². The average Bonchev–Trinajstić information content (AvgIpc) is 2.56. The molecule has 2 rings (SSSR count). The summed E-state index contributed by atoms with van der Waals surface area (Å²) < 4.78 is 5.23. The van der Waals surface area contributed by atoms with Crippen LogP contribution in [0.2, 0.25) is 0 Å². The number of ether oxygens (including phenoxy) is 1. The Labute approximate surface area is 65.1 Å². The summed E-state index contributed by atoms with van der Waals surface area (Å²) in [7, 11) is 0. The van der Waals surface area contributed by atoms with Gasteiger partial charge in [0.15, 0.2) is 0 Å².